The lowest BCUT2D eigenvalue weighted by Crippen LogP contribution is -2.56. The topological polar surface area (TPSA) is 120 Å². The lowest BCUT2D eigenvalue weighted by molar-refractivity contribution is -0.141. The molecule has 2 aliphatic heterocycles. The summed E-state index contributed by atoms with van der Waals surface area (Å²) in [5.41, 5.74) is 2.23. The van der Waals surface area contributed by atoms with E-state index in [1.165, 1.54) is 11.3 Å². The van der Waals surface area contributed by atoms with Crippen LogP contribution in [0.5, 0.6) is 0 Å². The van der Waals surface area contributed by atoms with Gasteiger partial charge in [-0.25, -0.2) is 4.98 Å². The van der Waals surface area contributed by atoms with Gasteiger partial charge < -0.3 is 30.2 Å². The number of likely N-dealkylation sites (N-methyl/N-ethyl adjacent to an activating group) is 1. The molecule has 3 N–H and O–H groups in total. The molecule has 3 atom stereocenters. The van der Waals surface area contributed by atoms with Crippen LogP contribution in [0.4, 0.5) is 0 Å². The summed E-state index contributed by atoms with van der Waals surface area (Å²) < 4.78 is 5.41. The van der Waals surface area contributed by atoms with Gasteiger partial charge in [0, 0.05) is 65.4 Å². The summed E-state index contributed by atoms with van der Waals surface area (Å²) in [7, 11) is 2.06. The standard InChI is InChI=1S/C28H33ClN6O4S.ClH/c1-34-7-6-21-24(15-34)40-27(33-21)26(37)32-22-13-16(28(38)35-8-10-39-11-9-35)2-4-20(22)31-25(36)23-14-17-12-18(29)3-5-19(17)30-23;/h3,5,12,14,16,20,22,30H,2,4,6-11,13,15H2,1H3,(H,31,36)(H,32,37);1H/t16-,20-,22+;/m0./s1. The van der Waals surface area contributed by atoms with E-state index in [-0.39, 0.29) is 42.1 Å². The molecule has 10 nitrogen and oxygen atoms in total. The number of halogens is 2. The zero-order valence-corrected chi connectivity index (χ0v) is 25.2. The first-order valence-corrected chi connectivity index (χ1v) is 15.0. The third kappa shape index (κ3) is 6.54. The minimum atomic E-state index is -0.414. The predicted molar refractivity (Wildman–Crippen MR) is 160 cm³/mol. The molecule has 13 heteroatoms. The van der Waals surface area contributed by atoms with Gasteiger partial charge in [-0.1, -0.05) is 11.6 Å². The van der Waals surface area contributed by atoms with E-state index >= 15 is 0 Å². The number of H-pyrrole nitrogens is 1. The molecular formula is C28H34Cl2N6O4S. The average molecular weight is 622 g/mol. The van der Waals surface area contributed by atoms with Crippen molar-refractivity contribution in [3.8, 4) is 0 Å². The van der Waals surface area contributed by atoms with Crippen LogP contribution < -0.4 is 10.6 Å². The van der Waals surface area contributed by atoms with E-state index in [9.17, 15) is 14.4 Å². The van der Waals surface area contributed by atoms with Gasteiger partial charge in [0.2, 0.25) is 5.91 Å². The normalized spacial score (nSPS) is 23.0. The number of aromatic nitrogens is 2. The zero-order chi connectivity index (χ0) is 27.8. The van der Waals surface area contributed by atoms with E-state index in [2.05, 4.69) is 32.5 Å². The number of nitrogens with zero attached hydrogens (tertiary/aromatic N) is 3. The van der Waals surface area contributed by atoms with E-state index in [1.807, 2.05) is 11.0 Å². The number of amides is 3. The molecule has 0 spiro atoms. The Kier molecular flexibility index (Phi) is 9.20. The van der Waals surface area contributed by atoms with Crippen molar-refractivity contribution in [1.29, 1.82) is 0 Å². The second-order valence-electron chi connectivity index (χ2n) is 10.9. The largest absolute Gasteiger partial charge is 0.378 e. The van der Waals surface area contributed by atoms with Crippen LogP contribution in [0.1, 0.15) is 50.1 Å². The molecule has 2 fully saturated rings. The lowest BCUT2D eigenvalue weighted by Gasteiger charge is -2.38. The quantitative estimate of drug-likeness (QED) is 0.403. The Balaban J connectivity index is 0.00000337. The van der Waals surface area contributed by atoms with Crippen LogP contribution >= 0.6 is 35.3 Å². The number of hydrogen-bond donors (Lipinski definition) is 3. The van der Waals surface area contributed by atoms with Gasteiger partial charge in [-0.2, -0.15) is 0 Å². The van der Waals surface area contributed by atoms with Gasteiger partial charge in [-0.05, 0) is 50.6 Å². The molecule has 1 aromatic carbocycles. The van der Waals surface area contributed by atoms with E-state index in [4.69, 9.17) is 16.3 Å². The van der Waals surface area contributed by atoms with Crippen LogP contribution in [0, 0.1) is 5.92 Å². The fourth-order valence-corrected chi connectivity index (χ4v) is 7.16. The van der Waals surface area contributed by atoms with Gasteiger partial charge in [0.15, 0.2) is 5.01 Å². The number of carbonyl (C=O) groups is 3. The maximum Gasteiger partial charge on any atom is 0.280 e. The Bertz CT molecular complexity index is 1440. The SMILES string of the molecule is CN1CCc2nc(C(=O)N[C@@H]3C[C@@H](C(=O)N4CCOCC4)CC[C@@H]3NC(=O)c3cc4cc(Cl)ccc4[nH]3)sc2C1.Cl. The van der Waals surface area contributed by atoms with Crippen LogP contribution in [0.25, 0.3) is 10.9 Å². The number of carbonyl (C=O) groups excluding carboxylic acids is 3. The maximum absolute atomic E-state index is 13.4. The number of hydrogen-bond acceptors (Lipinski definition) is 7. The molecule has 41 heavy (non-hydrogen) atoms. The Morgan fingerprint density at radius 1 is 1.07 bits per heavy atom. The first kappa shape index (κ1) is 29.8. The molecule has 0 bridgehead atoms. The van der Waals surface area contributed by atoms with Gasteiger partial charge in [-0.15, -0.1) is 23.7 Å². The maximum atomic E-state index is 13.4. The van der Waals surface area contributed by atoms with E-state index in [0.717, 1.165) is 41.0 Å². The fraction of sp³-hybridized carbons (Fsp3) is 0.500. The summed E-state index contributed by atoms with van der Waals surface area (Å²) in [5, 5.41) is 8.14. The molecule has 2 aromatic heterocycles. The van der Waals surface area contributed by atoms with Gasteiger partial charge in [0.1, 0.15) is 5.69 Å². The first-order valence-electron chi connectivity index (χ1n) is 13.8. The van der Waals surface area contributed by atoms with Crippen molar-refractivity contribution in [3.05, 3.63) is 50.6 Å². The molecular weight excluding hydrogens is 587 g/mol. The molecule has 0 radical (unpaired) electrons. The molecule has 1 aliphatic carbocycles. The number of ether oxygens (including phenoxy) is 1. The smallest absolute Gasteiger partial charge is 0.280 e. The zero-order valence-electron chi connectivity index (χ0n) is 22.8. The molecule has 0 unspecified atom stereocenters. The highest BCUT2D eigenvalue weighted by Gasteiger charge is 2.38. The number of rotatable bonds is 5. The number of fused-ring (bicyclic) bond motifs is 2. The monoisotopic (exact) mass is 620 g/mol. The van der Waals surface area contributed by atoms with Gasteiger partial charge in [-0.3, -0.25) is 14.4 Å². The third-order valence-electron chi connectivity index (χ3n) is 8.10. The van der Waals surface area contributed by atoms with Crippen molar-refractivity contribution in [1.82, 2.24) is 30.4 Å². The summed E-state index contributed by atoms with van der Waals surface area (Å²) in [5.74, 6) is -0.661. The fourth-order valence-electron chi connectivity index (χ4n) is 5.89. The Morgan fingerprint density at radius 3 is 2.66 bits per heavy atom. The number of morpholine rings is 1. The Hall–Kier alpha value is -2.70. The number of benzene rings is 1. The van der Waals surface area contributed by atoms with Gasteiger partial charge >= 0.3 is 0 Å². The molecule has 4 heterocycles. The molecule has 3 aromatic rings. The second-order valence-corrected chi connectivity index (χ2v) is 12.4. The van der Waals surface area contributed by atoms with Crippen molar-refractivity contribution < 1.29 is 19.1 Å². The van der Waals surface area contributed by atoms with E-state index in [1.54, 1.807) is 18.2 Å². The number of thiazole rings is 1. The van der Waals surface area contributed by atoms with Crippen LogP contribution in [0.2, 0.25) is 5.02 Å². The van der Waals surface area contributed by atoms with Crippen LogP contribution in [-0.2, 0) is 22.5 Å². The van der Waals surface area contributed by atoms with Crippen LogP contribution in [-0.4, -0.2) is 89.5 Å². The number of aromatic amines is 1. The van der Waals surface area contributed by atoms with Gasteiger partial charge in [0.25, 0.3) is 11.8 Å². The first-order chi connectivity index (χ1) is 19.3. The summed E-state index contributed by atoms with van der Waals surface area (Å²) in [4.78, 5) is 53.0. The molecule has 3 aliphatic rings. The van der Waals surface area contributed by atoms with Crippen LogP contribution in [0.15, 0.2) is 24.3 Å². The minimum absolute atomic E-state index is 0. The predicted octanol–water partition coefficient (Wildman–Crippen LogP) is 3.24. The lowest BCUT2D eigenvalue weighted by atomic mass is 9.81. The molecule has 1 saturated carbocycles. The Labute approximate surface area is 253 Å². The highest BCUT2D eigenvalue weighted by atomic mass is 35.5. The van der Waals surface area contributed by atoms with Crippen molar-refractivity contribution in [2.75, 3.05) is 39.9 Å². The third-order valence-corrected chi connectivity index (χ3v) is 9.42. The minimum Gasteiger partial charge on any atom is -0.378 e. The van der Waals surface area contributed by atoms with Crippen molar-refractivity contribution in [2.45, 2.75) is 44.3 Å². The second kappa shape index (κ2) is 12.7. The molecule has 3 amide bonds. The molecule has 1 saturated heterocycles. The summed E-state index contributed by atoms with van der Waals surface area (Å²) >= 11 is 7.54. The number of nitrogens with one attached hydrogen (secondary N) is 3. The van der Waals surface area contributed by atoms with E-state index in [0.29, 0.717) is 61.3 Å². The summed E-state index contributed by atoms with van der Waals surface area (Å²) in [6.45, 7) is 3.94. The van der Waals surface area contributed by atoms with Crippen molar-refractivity contribution >= 4 is 64.0 Å². The molecule has 220 valence electrons. The van der Waals surface area contributed by atoms with Crippen LogP contribution in [0.3, 0.4) is 0 Å². The highest BCUT2D eigenvalue weighted by Crippen LogP contribution is 2.29. The molecule has 6 rings (SSSR count). The average Bonchev–Trinajstić information content (AvgIpc) is 3.58. The highest BCUT2D eigenvalue weighted by molar-refractivity contribution is 7.13. The van der Waals surface area contributed by atoms with E-state index < -0.39 is 6.04 Å². The Morgan fingerprint density at radius 2 is 1.85 bits per heavy atom. The summed E-state index contributed by atoms with van der Waals surface area (Å²) in [6.07, 6.45) is 2.48. The van der Waals surface area contributed by atoms with Crippen molar-refractivity contribution in [2.24, 2.45) is 5.92 Å². The summed E-state index contributed by atoms with van der Waals surface area (Å²) in [6, 6.07) is 6.44. The van der Waals surface area contributed by atoms with Crippen molar-refractivity contribution in [3.63, 3.8) is 0 Å². The van der Waals surface area contributed by atoms with Gasteiger partial charge in [0.05, 0.1) is 24.9 Å².